The van der Waals surface area contributed by atoms with Crippen molar-refractivity contribution in [2.24, 2.45) is 11.8 Å². The highest BCUT2D eigenvalue weighted by Crippen LogP contribution is 2.32. The van der Waals surface area contributed by atoms with Crippen molar-refractivity contribution in [2.75, 3.05) is 11.5 Å². The first-order chi connectivity index (χ1) is 6.27. The predicted molar refractivity (Wildman–Crippen MR) is 60.2 cm³/mol. The third-order valence-corrected chi connectivity index (χ3v) is 5.01. The highest BCUT2D eigenvalue weighted by atomic mass is 32.2. The molecule has 2 rings (SSSR count). The lowest BCUT2D eigenvalue weighted by molar-refractivity contribution is 0.346. The summed E-state index contributed by atoms with van der Waals surface area (Å²) < 4.78 is 0. The second-order valence-corrected chi connectivity index (χ2v) is 5.90. The molecule has 1 saturated heterocycles. The first kappa shape index (κ1) is 9.85. The van der Waals surface area contributed by atoms with Gasteiger partial charge in [-0.25, -0.2) is 0 Å². The fraction of sp³-hybridized carbons (Fsp3) is 1.00. The van der Waals surface area contributed by atoms with Crippen LogP contribution in [0.25, 0.3) is 0 Å². The van der Waals surface area contributed by atoms with Gasteiger partial charge in [-0.05, 0) is 36.9 Å². The Kier molecular flexibility index (Phi) is 3.20. The zero-order valence-electron chi connectivity index (χ0n) is 8.75. The fourth-order valence-corrected chi connectivity index (χ4v) is 3.73. The van der Waals surface area contributed by atoms with E-state index in [-0.39, 0.29) is 0 Å². The molecule has 1 aliphatic carbocycles. The zero-order valence-corrected chi connectivity index (χ0v) is 9.57. The largest absolute Gasteiger partial charge is 0.310 e. The SMILES string of the molecule is CC1CCC(NC2CCSC2)C1C. The van der Waals surface area contributed by atoms with Crippen LogP contribution in [0, 0.1) is 11.8 Å². The number of hydrogen-bond donors (Lipinski definition) is 1. The number of hydrogen-bond acceptors (Lipinski definition) is 2. The second-order valence-electron chi connectivity index (χ2n) is 4.75. The summed E-state index contributed by atoms with van der Waals surface area (Å²) in [5.74, 6) is 4.54. The van der Waals surface area contributed by atoms with E-state index < -0.39 is 0 Å². The molecule has 0 aromatic carbocycles. The Hall–Kier alpha value is 0.310. The van der Waals surface area contributed by atoms with Crippen LogP contribution in [0.2, 0.25) is 0 Å². The number of nitrogens with one attached hydrogen (secondary N) is 1. The average molecular weight is 199 g/mol. The van der Waals surface area contributed by atoms with Gasteiger partial charge in [0.25, 0.3) is 0 Å². The van der Waals surface area contributed by atoms with E-state index in [0.29, 0.717) is 0 Å². The van der Waals surface area contributed by atoms with Gasteiger partial charge >= 0.3 is 0 Å². The molecule has 0 bridgehead atoms. The smallest absolute Gasteiger partial charge is 0.0168 e. The summed E-state index contributed by atoms with van der Waals surface area (Å²) >= 11 is 2.11. The van der Waals surface area contributed by atoms with E-state index in [2.05, 4.69) is 30.9 Å². The van der Waals surface area contributed by atoms with Gasteiger partial charge in [-0.15, -0.1) is 0 Å². The molecule has 0 amide bonds. The third kappa shape index (κ3) is 2.21. The van der Waals surface area contributed by atoms with Gasteiger partial charge in [0.1, 0.15) is 0 Å². The molecule has 1 nitrogen and oxygen atoms in total. The Morgan fingerprint density at radius 2 is 2.00 bits per heavy atom. The lowest BCUT2D eigenvalue weighted by Crippen LogP contribution is -2.40. The van der Waals surface area contributed by atoms with Crippen LogP contribution >= 0.6 is 11.8 Å². The van der Waals surface area contributed by atoms with Crippen molar-refractivity contribution < 1.29 is 0 Å². The molecule has 0 aromatic rings. The molecule has 76 valence electrons. The van der Waals surface area contributed by atoms with E-state index >= 15 is 0 Å². The first-order valence-corrected chi connectivity index (χ1v) is 6.76. The summed E-state index contributed by atoms with van der Waals surface area (Å²) in [4.78, 5) is 0. The summed E-state index contributed by atoms with van der Waals surface area (Å²) in [6.07, 6.45) is 4.23. The highest BCUT2D eigenvalue weighted by Gasteiger charge is 2.31. The van der Waals surface area contributed by atoms with Crippen molar-refractivity contribution in [3.05, 3.63) is 0 Å². The van der Waals surface area contributed by atoms with Crippen LogP contribution in [0.5, 0.6) is 0 Å². The lowest BCUT2D eigenvalue weighted by atomic mass is 9.97. The Morgan fingerprint density at radius 3 is 2.54 bits per heavy atom. The van der Waals surface area contributed by atoms with Crippen molar-refractivity contribution in [1.82, 2.24) is 5.32 Å². The topological polar surface area (TPSA) is 12.0 Å². The zero-order chi connectivity index (χ0) is 9.26. The van der Waals surface area contributed by atoms with Crippen molar-refractivity contribution in [3.8, 4) is 0 Å². The maximum Gasteiger partial charge on any atom is 0.0168 e. The van der Waals surface area contributed by atoms with Crippen LogP contribution in [0.15, 0.2) is 0 Å². The summed E-state index contributed by atoms with van der Waals surface area (Å²) in [6.45, 7) is 4.81. The maximum atomic E-state index is 3.84. The quantitative estimate of drug-likeness (QED) is 0.733. The minimum absolute atomic E-state index is 0.818. The van der Waals surface area contributed by atoms with Crippen molar-refractivity contribution in [1.29, 1.82) is 0 Å². The van der Waals surface area contributed by atoms with E-state index in [0.717, 1.165) is 23.9 Å². The Labute approximate surface area is 86.0 Å². The van der Waals surface area contributed by atoms with Gasteiger partial charge in [-0.1, -0.05) is 13.8 Å². The molecule has 2 aliphatic rings. The molecule has 1 aliphatic heterocycles. The monoisotopic (exact) mass is 199 g/mol. The average Bonchev–Trinajstić information content (AvgIpc) is 2.71. The normalized spacial score (nSPS) is 45.7. The van der Waals surface area contributed by atoms with Crippen LogP contribution < -0.4 is 5.32 Å². The molecule has 4 unspecified atom stereocenters. The summed E-state index contributed by atoms with van der Waals surface area (Å²) in [7, 11) is 0. The van der Waals surface area contributed by atoms with Gasteiger partial charge in [0, 0.05) is 17.8 Å². The van der Waals surface area contributed by atoms with E-state index in [1.165, 1.54) is 30.8 Å². The summed E-state index contributed by atoms with van der Waals surface area (Å²) in [6, 6.07) is 1.64. The molecule has 0 spiro atoms. The molecule has 1 N–H and O–H groups in total. The van der Waals surface area contributed by atoms with Crippen LogP contribution in [-0.2, 0) is 0 Å². The molecule has 13 heavy (non-hydrogen) atoms. The predicted octanol–water partition coefficient (Wildman–Crippen LogP) is 2.52. The third-order valence-electron chi connectivity index (χ3n) is 3.84. The molecular formula is C11H21NS. The molecule has 4 atom stereocenters. The van der Waals surface area contributed by atoms with Gasteiger partial charge in [-0.3, -0.25) is 0 Å². The molecular weight excluding hydrogens is 178 g/mol. The molecule has 2 heteroatoms. The molecule has 1 saturated carbocycles. The van der Waals surface area contributed by atoms with Crippen molar-refractivity contribution >= 4 is 11.8 Å². The summed E-state index contributed by atoms with van der Waals surface area (Å²) in [5.41, 5.74) is 0. The van der Waals surface area contributed by atoms with E-state index in [1.807, 2.05) is 0 Å². The van der Waals surface area contributed by atoms with Gasteiger partial charge in [0.2, 0.25) is 0 Å². The van der Waals surface area contributed by atoms with Crippen LogP contribution in [-0.4, -0.2) is 23.6 Å². The minimum Gasteiger partial charge on any atom is -0.310 e. The number of rotatable bonds is 2. The fourth-order valence-electron chi connectivity index (χ4n) is 2.57. The van der Waals surface area contributed by atoms with Gasteiger partial charge < -0.3 is 5.32 Å². The van der Waals surface area contributed by atoms with E-state index in [9.17, 15) is 0 Å². The highest BCUT2D eigenvalue weighted by molar-refractivity contribution is 7.99. The molecule has 0 radical (unpaired) electrons. The minimum atomic E-state index is 0.818. The Bertz CT molecular complexity index is 165. The molecule has 0 aromatic heterocycles. The number of thioether (sulfide) groups is 1. The van der Waals surface area contributed by atoms with Gasteiger partial charge in [0.05, 0.1) is 0 Å². The van der Waals surface area contributed by atoms with Gasteiger partial charge in [-0.2, -0.15) is 11.8 Å². The maximum absolute atomic E-state index is 3.84. The van der Waals surface area contributed by atoms with Crippen LogP contribution in [0.4, 0.5) is 0 Å². The van der Waals surface area contributed by atoms with Crippen LogP contribution in [0.3, 0.4) is 0 Å². The molecule has 1 heterocycles. The standard InChI is InChI=1S/C11H21NS/c1-8-3-4-11(9(8)2)12-10-5-6-13-7-10/h8-12H,3-7H2,1-2H3. The lowest BCUT2D eigenvalue weighted by Gasteiger charge is -2.23. The van der Waals surface area contributed by atoms with Crippen LogP contribution in [0.1, 0.15) is 33.1 Å². The Balaban J connectivity index is 1.81. The first-order valence-electron chi connectivity index (χ1n) is 5.61. The van der Waals surface area contributed by atoms with Crippen molar-refractivity contribution in [2.45, 2.75) is 45.2 Å². The second kappa shape index (κ2) is 4.22. The van der Waals surface area contributed by atoms with Gasteiger partial charge in [0.15, 0.2) is 0 Å². The van der Waals surface area contributed by atoms with E-state index in [4.69, 9.17) is 0 Å². The van der Waals surface area contributed by atoms with E-state index in [1.54, 1.807) is 0 Å². The summed E-state index contributed by atoms with van der Waals surface area (Å²) in [5, 5.41) is 3.84. The molecule has 2 fully saturated rings. The van der Waals surface area contributed by atoms with Crippen molar-refractivity contribution in [3.63, 3.8) is 0 Å². The Morgan fingerprint density at radius 1 is 1.15 bits per heavy atom.